The summed E-state index contributed by atoms with van der Waals surface area (Å²) in [5, 5.41) is 9.79. The van der Waals surface area contributed by atoms with Crippen LogP contribution in [0.3, 0.4) is 0 Å². The van der Waals surface area contributed by atoms with Crippen LogP contribution in [0.5, 0.6) is 0 Å². The second-order valence-electron chi connectivity index (χ2n) is 30.1. The SMILES string of the molecule is CC/C=C\C/C=C\C/C=C\C/C=C\C/C=C\C/C=C\C/C=C\C/C=C\C/C=C\CCCCCCCCCCCCCC(=O)OC(COC(=O)CCCCCCCCCCCCCCCCCCCCCCCCCCCCC/C=C\C/C=C\CCCCCCC)COC(OCC[N+](C)(C)C)C(=O)O. The first-order chi connectivity index (χ1) is 50.6. The predicted octanol–water partition coefficient (Wildman–Crippen LogP) is 28.4. The minimum Gasteiger partial charge on any atom is -0.477 e. The van der Waals surface area contributed by atoms with E-state index in [1.165, 1.54) is 244 Å². The minimum atomic E-state index is -1.52. The average molecular weight is 1440 g/mol. The van der Waals surface area contributed by atoms with Crippen LogP contribution < -0.4 is 0 Å². The van der Waals surface area contributed by atoms with Crippen LogP contribution in [0.25, 0.3) is 0 Å². The number of esters is 2. The lowest BCUT2D eigenvalue weighted by atomic mass is 10.0. The van der Waals surface area contributed by atoms with Gasteiger partial charge in [-0.15, -0.1) is 0 Å². The fourth-order valence-corrected chi connectivity index (χ4v) is 12.3. The topological polar surface area (TPSA) is 108 Å². The maximum atomic E-state index is 13.0. The van der Waals surface area contributed by atoms with Gasteiger partial charge in [-0.25, -0.2) is 4.79 Å². The third kappa shape index (κ3) is 84.6. The first kappa shape index (κ1) is 98.4. The third-order valence-electron chi connectivity index (χ3n) is 18.9. The van der Waals surface area contributed by atoms with E-state index < -0.39 is 24.3 Å². The fourth-order valence-electron chi connectivity index (χ4n) is 12.3. The Morgan fingerprint density at radius 3 is 0.825 bits per heavy atom. The van der Waals surface area contributed by atoms with Crippen LogP contribution in [-0.4, -0.2) is 87.4 Å². The van der Waals surface area contributed by atoms with Gasteiger partial charge in [0.2, 0.25) is 0 Å². The number of nitrogens with zero attached hydrogens (tertiary/aromatic N) is 1. The van der Waals surface area contributed by atoms with Gasteiger partial charge in [-0.3, -0.25) is 9.59 Å². The van der Waals surface area contributed by atoms with Gasteiger partial charge in [0, 0.05) is 12.8 Å². The summed E-state index contributed by atoms with van der Waals surface area (Å²) < 4.78 is 23.1. The van der Waals surface area contributed by atoms with Crippen molar-refractivity contribution in [1.29, 1.82) is 0 Å². The maximum absolute atomic E-state index is 13.0. The normalized spacial score (nSPS) is 13.3. The number of carboxylic acids is 1. The van der Waals surface area contributed by atoms with Crippen molar-refractivity contribution in [3.05, 3.63) is 134 Å². The zero-order valence-corrected chi connectivity index (χ0v) is 67.9. The highest BCUT2D eigenvalue weighted by Crippen LogP contribution is 2.19. The quantitative estimate of drug-likeness (QED) is 0.0211. The average Bonchev–Trinajstić information content (AvgIpc) is 0.985. The number of unbranched alkanes of at least 4 members (excludes halogenated alkanes) is 43. The molecule has 0 aromatic heterocycles. The molecular formula is C94H164NO8+. The van der Waals surface area contributed by atoms with Gasteiger partial charge in [0.15, 0.2) is 6.10 Å². The van der Waals surface area contributed by atoms with E-state index in [0.29, 0.717) is 23.9 Å². The largest absolute Gasteiger partial charge is 0.477 e. The number of hydrogen-bond acceptors (Lipinski definition) is 7. The van der Waals surface area contributed by atoms with Crippen LogP contribution in [0.15, 0.2) is 134 Å². The second-order valence-corrected chi connectivity index (χ2v) is 30.1. The van der Waals surface area contributed by atoms with Gasteiger partial charge >= 0.3 is 17.9 Å². The summed E-state index contributed by atoms with van der Waals surface area (Å²) in [6.45, 7) is 4.79. The van der Waals surface area contributed by atoms with Gasteiger partial charge < -0.3 is 28.5 Å². The second kappa shape index (κ2) is 83.1. The van der Waals surface area contributed by atoms with E-state index >= 15 is 0 Å². The van der Waals surface area contributed by atoms with E-state index in [1.54, 1.807) is 0 Å². The molecule has 2 atom stereocenters. The molecule has 1 N–H and O–H groups in total. The highest BCUT2D eigenvalue weighted by molar-refractivity contribution is 5.71. The zero-order chi connectivity index (χ0) is 74.6. The monoisotopic (exact) mass is 1440 g/mol. The van der Waals surface area contributed by atoms with Crippen molar-refractivity contribution in [2.45, 2.75) is 399 Å². The number of aliphatic carboxylic acids is 1. The lowest BCUT2D eigenvalue weighted by molar-refractivity contribution is -0.870. The molecule has 9 nitrogen and oxygen atoms in total. The molecule has 0 saturated heterocycles. The number of hydrogen-bond donors (Lipinski definition) is 1. The lowest BCUT2D eigenvalue weighted by Gasteiger charge is -2.25. The molecule has 592 valence electrons. The molecule has 0 spiro atoms. The van der Waals surface area contributed by atoms with E-state index in [-0.39, 0.29) is 32.2 Å². The summed E-state index contributed by atoms with van der Waals surface area (Å²) in [5.74, 6) is -2.00. The van der Waals surface area contributed by atoms with Crippen molar-refractivity contribution in [2.75, 3.05) is 47.5 Å². The van der Waals surface area contributed by atoms with E-state index in [2.05, 4.69) is 148 Å². The maximum Gasteiger partial charge on any atom is 0.361 e. The number of quaternary nitrogens is 1. The van der Waals surface area contributed by atoms with E-state index in [1.807, 2.05) is 21.1 Å². The summed E-state index contributed by atoms with van der Waals surface area (Å²) in [6.07, 6.45) is 118. The number of carbonyl (C=O) groups is 3. The van der Waals surface area contributed by atoms with E-state index in [0.717, 1.165) is 109 Å². The molecule has 0 aliphatic heterocycles. The van der Waals surface area contributed by atoms with Crippen LogP contribution in [0, 0.1) is 0 Å². The molecule has 0 aromatic carbocycles. The Kier molecular flexibility index (Phi) is 79.4. The van der Waals surface area contributed by atoms with E-state index in [9.17, 15) is 19.5 Å². The molecule has 0 rings (SSSR count). The highest BCUT2D eigenvalue weighted by atomic mass is 16.7. The number of carbonyl (C=O) groups excluding carboxylic acids is 2. The molecule has 0 fully saturated rings. The summed E-state index contributed by atoms with van der Waals surface area (Å²) in [5.41, 5.74) is 0. The van der Waals surface area contributed by atoms with Gasteiger partial charge in [0.1, 0.15) is 13.2 Å². The molecule has 0 saturated carbocycles. The summed E-state index contributed by atoms with van der Waals surface area (Å²) in [7, 11) is 5.99. The van der Waals surface area contributed by atoms with Crippen LogP contribution in [0.2, 0.25) is 0 Å². The molecule has 0 aliphatic carbocycles. The zero-order valence-electron chi connectivity index (χ0n) is 67.9. The molecule has 0 aromatic rings. The molecule has 0 bridgehead atoms. The summed E-state index contributed by atoms with van der Waals surface area (Å²) in [6, 6.07) is 0. The number of ether oxygens (including phenoxy) is 4. The van der Waals surface area contributed by atoms with Gasteiger partial charge in [-0.05, 0) is 116 Å². The Morgan fingerprint density at radius 1 is 0.301 bits per heavy atom. The standard InChI is InChI=1S/C94H163NO8/c1-6-8-10-12-14-16-18-20-22-24-26-28-30-32-34-36-38-40-42-44-46-48-50-52-54-56-58-60-62-64-66-68-70-72-74-76-78-80-82-84-91(96)101-88-90(89-102-94(93(98)99)100-87-86-95(3,4)5)103-92(97)85-83-81-79-77-75-73-71-69-67-65-63-61-59-57-55-53-51-49-47-45-43-41-39-37-35-33-31-29-27-25-23-21-19-17-15-13-11-9-7-2/h9,11,15,17-18,20-21,23-24,26-27,29,33,35,39,41,45,47,51,53,57,59,90,94H,6-8,10,12-14,16,19,22,25,28,30-32,34,36-38,40,42-44,46,48-50,52,54-56,58,60-89H2,1-5H3/p+1/b11-9-,17-15-,20-18-,23-21-,26-24-,29-27-,35-33-,41-39-,47-45-,53-51-,59-57-. The Balaban J connectivity index is 4.00. The van der Waals surface area contributed by atoms with Crippen LogP contribution >= 0.6 is 0 Å². The number of likely N-dealkylation sites (N-methyl/N-ethyl adjacent to an activating group) is 1. The van der Waals surface area contributed by atoms with E-state index in [4.69, 9.17) is 18.9 Å². The fraction of sp³-hybridized carbons (Fsp3) is 0.734. The number of allylic oxidation sites excluding steroid dienone is 22. The Hall–Kier alpha value is -4.57. The molecule has 0 aliphatic rings. The molecule has 2 unspecified atom stereocenters. The Morgan fingerprint density at radius 2 is 0.553 bits per heavy atom. The van der Waals surface area contributed by atoms with Crippen molar-refractivity contribution < 1.29 is 42.9 Å². The van der Waals surface area contributed by atoms with Crippen LogP contribution in [0.4, 0.5) is 0 Å². The molecule has 0 heterocycles. The number of carboxylic acid groups (broad SMARTS) is 1. The molecule has 103 heavy (non-hydrogen) atoms. The predicted molar refractivity (Wildman–Crippen MR) is 447 cm³/mol. The number of rotatable bonds is 80. The molecule has 9 heteroatoms. The first-order valence-corrected chi connectivity index (χ1v) is 43.3. The first-order valence-electron chi connectivity index (χ1n) is 43.3. The minimum absolute atomic E-state index is 0.184. The van der Waals surface area contributed by atoms with Gasteiger partial charge in [0.05, 0.1) is 34.4 Å². The Bertz CT molecular complexity index is 2170. The third-order valence-corrected chi connectivity index (χ3v) is 18.9. The Labute approximate surface area is 637 Å². The van der Waals surface area contributed by atoms with Gasteiger partial charge in [-0.2, -0.15) is 0 Å². The lowest BCUT2D eigenvalue weighted by Crippen LogP contribution is -2.40. The van der Waals surface area contributed by atoms with Crippen molar-refractivity contribution in [2.24, 2.45) is 0 Å². The van der Waals surface area contributed by atoms with Crippen molar-refractivity contribution in [3.8, 4) is 0 Å². The van der Waals surface area contributed by atoms with Crippen LogP contribution in [0.1, 0.15) is 386 Å². The summed E-state index contributed by atoms with van der Waals surface area (Å²) >= 11 is 0. The summed E-state index contributed by atoms with van der Waals surface area (Å²) in [4.78, 5) is 37.8. The van der Waals surface area contributed by atoms with Crippen molar-refractivity contribution in [3.63, 3.8) is 0 Å². The highest BCUT2D eigenvalue weighted by Gasteiger charge is 2.25. The molecular weight excluding hydrogens is 1270 g/mol. The molecule has 0 amide bonds. The van der Waals surface area contributed by atoms with Crippen molar-refractivity contribution >= 4 is 17.9 Å². The van der Waals surface area contributed by atoms with Gasteiger partial charge in [-0.1, -0.05) is 392 Å². The van der Waals surface area contributed by atoms with Crippen molar-refractivity contribution in [1.82, 2.24) is 0 Å². The van der Waals surface area contributed by atoms with Gasteiger partial charge in [0.25, 0.3) is 6.29 Å². The molecule has 0 radical (unpaired) electrons. The smallest absolute Gasteiger partial charge is 0.361 e. The van der Waals surface area contributed by atoms with Crippen LogP contribution in [-0.2, 0) is 33.3 Å².